The number of hydrogen-bond acceptors (Lipinski definition) is 3. The average molecular weight is 276 g/mol. The van der Waals surface area contributed by atoms with Crippen molar-refractivity contribution >= 4 is 16.5 Å². The van der Waals surface area contributed by atoms with E-state index in [9.17, 15) is 0 Å². The molecule has 0 aliphatic rings. The maximum atomic E-state index is 5.56. The molecular formula is C12H33N3Si2. The van der Waals surface area contributed by atoms with Gasteiger partial charge in [0.1, 0.15) is 16.5 Å². The van der Waals surface area contributed by atoms with E-state index in [1.807, 2.05) is 0 Å². The van der Waals surface area contributed by atoms with E-state index >= 15 is 0 Å². The number of unbranched alkanes of at least 4 members (excludes halogenated alkanes) is 2. The standard InChI is InChI=1S/C12H33N3Si2/c1-16(2,11-7-5-9-13)15-17(3,4)12-8-6-10-14/h15H,5-14H2,1-4H3. The third-order valence-electron chi connectivity index (χ3n) is 3.19. The van der Waals surface area contributed by atoms with Crippen LogP contribution in [0.3, 0.4) is 0 Å². The molecule has 0 spiro atoms. The molecular weight excluding hydrogens is 242 g/mol. The van der Waals surface area contributed by atoms with Gasteiger partial charge in [0.25, 0.3) is 0 Å². The van der Waals surface area contributed by atoms with Crippen LogP contribution in [-0.2, 0) is 0 Å². The molecule has 0 aromatic heterocycles. The van der Waals surface area contributed by atoms with Crippen LogP contribution < -0.4 is 16.1 Å². The topological polar surface area (TPSA) is 64.1 Å². The molecule has 0 unspecified atom stereocenters. The fourth-order valence-corrected chi connectivity index (χ4v) is 13.1. The second kappa shape index (κ2) is 8.42. The Labute approximate surface area is 110 Å². The molecule has 0 aromatic rings. The molecule has 0 aliphatic heterocycles. The Hall–Kier alpha value is 0.314. The molecule has 0 amide bonds. The summed E-state index contributed by atoms with van der Waals surface area (Å²) < 4.78 is 4.05. The molecule has 0 saturated heterocycles. The first-order chi connectivity index (χ1) is 7.83. The zero-order valence-electron chi connectivity index (χ0n) is 12.3. The third-order valence-corrected chi connectivity index (χ3v) is 11.8. The molecule has 0 aliphatic carbocycles. The van der Waals surface area contributed by atoms with Crippen LogP contribution in [0, 0.1) is 0 Å². The van der Waals surface area contributed by atoms with Gasteiger partial charge in [0.15, 0.2) is 0 Å². The summed E-state index contributed by atoms with van der Waals surface area (Å²) in [5.74, 6) is 0. The highest BCUT2D eigenvalue weighted by molar-refractivity contribution is 6.91. The van der Waals surface area contributed by atoms with Gasteiger partial charge in [0, 0.05) is 0 Å². The van der Waals surface area contributed by atoms with E-state index in [1.165, 1.54) is 37.8 Å². The molecule has 0 atom stereocenters. The lowest BCUT2D eigenvalue weighted by atomic mass is 10.3. The predicted octanol–water partition coefficient (Wildman–Crippen LogP) is 2.46. The fraction of sp³-hybridized carbons (Fsp3) is 1.00. The SMILES string of the molecule is C[Si](C)(CCCCN)N[Si](C)(C)CCCCN. The van der Waals surface area contributed by atoms with E-state index in [2.05, 4.69) is 30.8 Å². The van der Waals surface area contributed by atoms with Crippen LogP contribution in [0.4, 0.5) is 0 Å². The van der Waals surface area contributed by atoms with Crippen molar-refractivity contribution in [2.45, 2.75) is 64.0 Å². The summed E-state index contributed by atoms with van der Waals surface area (Å²) in [7, 11) is -2.42. The molecule has 5 heteroatoms. The Morgan fingerprint density at radius 1 is 0.706 bits per heavy atom. The van der Waals surface area contributed by atoms with Crippen molar-refractivity contribution in [1.29, 1.82) is 0 Å². The van der Waals surface area contributed by atoms with E-state index in [-0.39, 0.29) is 0 Å². The quantitative estimate of drug-likeness (QED) is 0.424. The smallest absolute Gasteiger partial charge is 0.112 e. The first kappa shape index (κ1) is 17.3. The minimum Gasteiger partial charge on any atom is -0.359 e. The van der Waals surface area contributed by atoms with Crippen molar-refractivity contribution in [2.24, 2.45) is 11.5 Å². The van der Waals surface area contributed by atoms with Crippen molar-refractivity contribution in [3.63, 3.8) is 0 Å². The van der Waals surface area contributed by atoms with Crippen molar-refractivity contribution in [3.8, 4) is 0 Å². The van der Waals surface area contributed by atoms with Gasteiger partial charge in [-0.15, -0.1) is 0 Å². The number of hydrogen-bond donors (Lipinski definition) is 3. The van der Waals surface area contributed by atoms with E-state index < -0.39 is 16.5 Å². The largest absolute Gasteiger partial charge is 0.359 e. The Kier molecular flexibility index (Phi) is 8.58. The lowest BCUT2D eigenvalue weighted by molar-refractivity contribution is 0.784. The second-order valence-electron chi connectivity index (χ2n) is 6.38. The predicted molar refractivity (Wildman–Crippen MR) is 84.3 cm³/mol. The number of rotatable bonds is 10. The molecule has 0 heterocycles. The van der Waals surface area contributed by atoms with Crippen molar-refractivity contribution < 1.29 is 0 Å². The monoisotopic (exact) mass is 275 g/mol. The van der Waals surface area contributed by atoms with Gasteiger partial charge in [-0.2, -0.15) is 0 Å². The zero-order valence-corrected chi connectivity index (χ0v) is 14.3. The molecule has 0 rings (SSSR count). The molecule has 0 saturated carbocycles. The van der Waals surface area contributed by atoms with Gasteiger partial charge in [0.2, 0.25) is 0 Å². The van der Waals surface area contributed by atoms with Gasteiger partial charge in [-0.25, -0.2) is 0 Å². The van der Waals surface area contributed by atoms with Crippen LogP contribution in [0.5, 0.6) is 0 Å². The van der Waals surface area contributed by atoms with E-state index in [4.69, 9.17) is 11.5 Å². The van der Waals surface area contributed by atoms with Gasteiger partial charge >= 0.3 is 0 Å². The highest BCUT2D eigenvalue weighted by atomic mass is 28.4. The molecule has 104 valence electrons. The van der Waals surface area contributed by atoms with Crippen molar-refractivity contribution in [3.05, 3.63) is 0 Å². The zero-order chi connectivity index (χ0) is 13.4. The summed E-state index contributed by atoms with van der Waals surface area (Å²) in [5, 5.41) is 0. The van der Waals surface area contributed by atoms with Gasteiger partial charge in [-0.3, -0.25) is 0 Å². The molecule has 3 nitrogen and oxygen atoms in total. The van der Waals surface area contributed by atoms with Crippen molar-refractivity contribution in [1.82, 2.24) is 4.65 Å². The number of nitrogens with one attached hydrogen (secondary N) is 1. The summed E-state index contributed by atoms with van der Waals surface area (Å²) in [6.45, 7) is 11.5. The van der Waals surface area contributed by atoms with Crippen molar-refractivity contribution in [2.75, 3.05) is 13.1 Å². The van der Waals surface area contributed by atoms with Gasteiger partial charge in [0.05, 0.1) is 0 Å². The summed E-state index contributed by atoms with van der Waals surface area (Å²) in [5.41, 5.74) is 11.1. The summed E-state index contributed by atoms with van der Waals surface area (Å²) in [6, 6.07) is 2.72. The Balaban J connectivity index is 3.99. The Bertz CT molecular complexity index is 176. The lowest BCUT2D eigenvalue weighted by Gasteiger charge is -2.35. The molecule has 0 bridgehead atoms. The normalized spacial score (nSPS) is 13.1. The molecule has 0 aromatic carbocycles. The van der Waals surface area contributed by atoms with Gasteiger partial charge in [-0.05, 0) is 38.0 Å². The van der Waals surface area contributed by atoms with Crippen LogP contribution in [0.25, 0.3) is 0 Å². The summed E-state index contributed by atoms with van der Waals surface area (Å²) in [6.07, 6.45) is 4.92. The molecule has 0 radical (unpaired) electrons. The van der Waals surface area contributed by atoms with Crippen LogP contribution in [-0.4, -0.2) is 29.6 Å². The van der Waals surface area contributed by atoms with Crippen LogP contribution in [0.2, 0.25) is 38.3 Å². The first-order valence-corrected chi connectivity index (χ1v) is 13.4. The molecule has 0 fully saturated rings. The van der Waals surface area contributed by atoms with Crippen LogP contribution in [0.1, 0.15) is 25.7 Å². The first-order valence-electron chi connectivity index (χ1n) is 7.02. The van der Waals surface area contributed by atoms with E-state index in [1.54, 1.807) is 0 Å². The highest BCUT2D eigenvalue weighted by Crippen LogP contribution is 2.17. The van der Waals surface area contributed by atoms with Gasteiger partial charge < -0.3 is 16.1 Å². The Morgan fingerprint density at radius 2 is 1.06 bits per heavy atom. The minimum atomic E-state index is -1.21. The second-order valence-corrected chi connectivity index (χ2v) is 15.9. The van der Waals surface area contributed by atoms with Crippen LogP contribution >= 0.6 is 0 Å². The average Bonchev–Trinajstić information content (AvgIpc) is 2.16. The maximum absolute atomic E-state index is 5.56. The van der Waals surface area contributed by atoms with Crippen LogP contribution in [0.15, 0.2) is 0 Å². The summed E-state index contributed by atoms with van der Waals surface area (Å²) >= 11 is 0. The van der Waals surface area contributed by atoms with E-state index in [0.717, 1.165) is 13.1 Å². The summed E-state index contributed by atoms with van der Waals surface area (Å²) in [4.78, 5) is 0. The van der Waals surface area contributed by atoms with E-state index in [0.29, 0.717) is 0 Å². The maximum Gasteiger partial charge on any atom is 0.112 e. The van der Waals surface area contributed by atoms with Gasteiger partial charge in [-0.1, -0.05) is 39.0 Å². The molecule has 17 heavy (non-hydrogen) atoms. The number of nitrogens with two attached hydrogens (primary N) is 2. The lowest BCUT2D eigenvalue weighted by Crippen LogP contribution is -2.58. The highest BCUT2D eigenvalue weighted by Gasteiger charge is 2.29. The molecule has 5 N–H and O–H groups in total. The third kappa shape index (κ3) is 9.97. The fourth-order valence-electron chi connectivity index (χ4n) is 2.46. The Morgan fingerprint density at radius 3 is 1.35 bits per heavy atom. The minimum absolute atomic E-state index is 0.835.